The van der Waals surface area contributed by atoms with Crippen molar-refractivity contribution in [2.75, 3.05) is 20.6 Å². The van der Waals surface area contributed by atoms with Gasteiger partial charge in [-0.05, 0) is 26.2 Å². The van der Waals surface area contributed by atoms with Crippen molar-refractivity contribution in [3.05, 3.63) is 30.1 Å². The molecule has 1 atom stereocenters. The lowest BCUT2D eigenvalue weighted by Crippen LogP contribution is -2.27. The predicted molar refractivity (Wildman–Crippen MR) is 49.7 cm³/mol. The molecule has 1 heterocycles. The first-order valence-corrected chi connectivity index (χ1v) is 4.03. The molecule has 12 heavy (non-hydrogen) atoms. The molecular formula is C9H15N3. The molecule has 0 aliphatic carbocycles. The topological polar surface area (TPSA) is 42.1 Å². The number of nitrogens with zero attached hydrogens (tertiary/aromatic N) is 2. The number of hydrogen-bond donors (Lipinski definition) is 1. The van der Waals surface area contributed by atoms with Gasteiger partial charge in [0.2, 0.25) is 0 Å². The highest BCUT2D eigenvalue weighted by atomic mass is 15.1. The Hall–Kier alpha value is -0.930. The third-order valence-corrected chi connectivity index (χ3v) is 1.88. The molecule has 0 bridgehead atoms. The average Bonchev–Trinajstić information content (AvgIpc) is 2.07. The van der Waals surface area contributed by atoms with Crippen molar-refractivity contribution in [3.63, 3.8) is 0 Å². The van der Waals surface area contributed by atoms with E-state index in [1.807, 2.05) is 32.3 Å². The van der Waals surface area contributed by atoms with Gasteiger partial charge in [0.25, 0.3) is 0 Å². The van der Waals surface area contributed by atoms with Gasteiger partial charge in [-0.25, -0.2) is 0 Å². The fourth-order valence-corrected chi connectivity index (χ4v) is 1.17. The summed E-state index contributed by atoms with van der Waals surface area (Å²) in [6, 6.07) is 6.12. The summed E-state index contributed by atoms with van der Waals surface area (Å²) in [6.45, 7) is 0.601. The smallest absolute Gasteiger partial charge is 0.0639 e. The first-order chi connectivity index (χ1) is 5.75. The molecule has 0 fully saturated rings. The molecule has 0 aromatic carbocycles. The van der Waals surface area contributed by atoms with Crippen LogP contribution < -0.4 is 5.73 Å². The molecule has 1 unspecified atom stereocenters. The molecule has 3 nitrogen and oxygen atoms in total. The van der Waals surface area contributed by atoms with Gasteiger partial charge < -0.3 is 5.73 Å². The molecule has 0 saturated carbocycles. The Morgan fingerprint density at radius 3 is 2.67 bits per heavy atom. The van der Waals surface area contributed by atoms with E-state index in [-0.39, 0.29) is 6.04 Å². The summed E-state index contributed by atoms with van der Waals surface area (Å²) in [4.78, 5) is 6.32. The second kappa shape index (κ2) is 4.18. The van der Waals surface area contributed by atoms with Crippen LogP contribution >= 0.6 is 0 Å². The lowest BCUT2D eigenvalue weighted by Gasteiger charge is -2.21. The van der Waals surface area contributed by atoms with Crippen molar-refractivity contribution in [1.82, 2.24) is 9.88 Å². The Kier molecular flexibility index (Phi) is 3.19. The Morgan fingerprint density at radius 1 is 1.50 bits per heavy atom. The van der Waals surface area contributed by atoms with Crippen LogP contribution in [0.4, 0.5) is 0 Å². The number of pyridine rings is 1. The summed E-state index contributed by atoms with van der Waals surface area (Å²) < 4.78 is 0. The molecule has 1 aromatic heterocycles. The molecule has 1 rings (SSSR count). The van der Waals surface area contributed by atoms with E-state index in [1.54, 1.807) is 6.20 Å². The van der Waals surface area contributed by atoms with E-state index in [9.17, 15) is 0 Å². The minimum atomic E-state index is 0.228. The predicted octanol–water partition coefficient (Wildman–Crippen LogP) is 0.643. The Labute approximate surface area is 73.2 Å². The maximum atomic E-state index is 5.62. The molecule has 0 saturated heterocycles. The Bertz CT molecular complexity index is 220. The molecule has 0 aliphatic rings. The first-order valence-electron chi connectivity index (χ1n) is 4.03. The van der Waals surface area contributed by atoms with E-state index >= 15 is 0 Å². The summed E-state index contributed by atoms with van der Waals surface area (Å²) in [7, 11) is 4.01. The molecule has 3 heteroatoms. The van der Waals surface area contributed by atoms with E-state index < -0.39 is 0 Å². The van der Waals surface area contributed by atoms with Crippen molar-refractivity contribution in [2.45, 2.75) is 6.04 Å². The molecule has 0 amide bonds. The quantitative estimate of drug-likeness (QED) is 0.714. The van der Waals surface area contributed by atoms with Gasteiger partial charge in [0.15, 0.2) is 0 Å². The average molecular weight is 165 g/mol. The minimum Gasteiger partial charge on any atom is -0.329 e. The zero-order chi connectivity index (χ0) is 8.97. The van der Waals surface area contributed by atoms with Gasteiger partial charge >= 0.3 is 0 Å². The highest BCUT2D eigenvalue weighted by Gasteiger charge is 2.11. The van der Waals surface area contributed by atoms with Crippen LogP contribution in [0.3, 0.4) is 0 Å². The molecule has 0 radical (unpaired) electrons. The Balaban J connectivity index is 2.80. The second-order valence-corrected chi connectivity index (χ2v) is 2.97. The van der Waals surface area contributed by atoms with Crippen LogP contribution in [0.15, 0.2) is 24.4 Å². The van der Waals surface area contributed by atoms with Crippen molar-refractivity contribution in [2.24, 2.45) is 5.73 Å². The summed E-state index contributed by atoms with van der Waals surface area (Å²) in [5.74, 6) is 0. The number of nitrogens with two attached hydrogens (primary N) is 1. The lowest BCUT2D eigenvalue weighted by atomic mass is 10.2. The van der Waals surface area contributed by atoms with Crippen LogP contribution in [-0.4, -0.2) is 30.5 Å². The zero-order valence-corrected chi connectivity index (χ0v) is 7.57. The third kappa shape index (κ3) is 2.03. The lowest BCUT2D eigenvalue weighted by molar-refractivity contribution is 0.300. The minimum absolute atomic E-state index is 0.228. The van der Waals surface area contributed by atoms with Gasteiger partial charge in [-0.1, -0.05) is 6.07 Å². The summed E-state index contributed by atoms with van der Waals surface area (Å²) in [5.41, 5.74) is 6.66. The third-order valence-electron chi connectivity index (χ3n) is 1.88. The number of hydrogen-bond acceptors (Lipinski definition) is 3. The van der Waals surface area contributed by atoms with Gasteiger partial charge in [-0.3, -0.25) is 9.88 Å². The normalized spacial score (nSPS) is 13.3. The highest BCUT2D eigenvalue weighted by molar-refractivity contribution is 5.08. The van der Waals surface area contributed by atoms with E-state index in [0.29, 0.717) is 6.54 Å². The fraction of sp³-hybridized carbons (Fsp3) is 0.444. The summed E-state index contributed by atoms with van der Waals surface area (Å²) >= 11 is 0. The second-order valence-electron chi connectivity index (χ2n) is 2.97. The van der Waals surface area contributed by atoms with Gasteiger partial charge in [0.1, 0.15) is 0 Å². The number of aromatic nitrogens is 1. The molecule has 2 N–H and O–H groups in total. The standard InChI is InChI=1S/C9H15N3/c1-12(2)9(7-10)8-5-3-4-6-11-8/h3-6,9H,7,10H2,1-2H3. The van der Waals surface area contributed by atoms with Crippen molar-refractivity contribution >= 4 is 0 Å². The molecular weight excluding hydrogens is 150 g/mol. The van der Waals surface area contributed by atoms with Crippen LogP contribution in [0.2, 0.25) is 0 Å². The maximum absolute atomic E-state index is 5.62. The van der Waals surface area contributed by atoms with Crippen molar-refractivity contribution in [3.8, 4) is 0 Å². The van der Waals surface area contributed by atoms with Crippen LogP contribution in [0.5, 0.6) is 0 Å². The van der Waals surface area contributed by atoms with E-state index in [0.717, 1.165) is 5.69 Å². The number of rotatable bonds is 3. The number of likely N-dealkylation sites (N-methyl/N-ethyl adjacent to an activating group) is 1. The van der Waals surface area contributed by atoms with Crippen LogP contribution in [0.1, 0.15) is 11.7 Å². The molecule has 0 spiro atoms. The van der Waals surface area contributed by atoms with Gasteiger partial charge in [-0.2, -0.15) is 0 Å². The van der Waals surface area contributed by atoms with Crippen LogP contribution in [0.25, 0.3) is 0 Å². The van der Waals surface area contributed by atoms with Crippen molar-refractivity contribution < 1.29 is 0 Å². The fourth-order valence-electron chi connectivity index (χ4n) is 1.17. The first kappa shape index (κ1) is 9.16. The van der Waals surface area contributed by atoms with E-state index in [4.69, 9.17) is 5.73 Å². The molecule has 0 aliphatic heterocycles. The SMILES string of the molecule is CN(C)C(CN)c1ccccn1. The summed E-state index contributed by atoms with van der Waals surface area (Å²) in [6.07, 6.45) is 1.79. The summed E-state index contributed by atoms with van der Waals surface area (Å²) in [5, 5.41) is 0. The van der Waals surface area contributed by atoms with E-state index in [2.05, 4.69) is 9.88 Å². The van der Waals surface area contributed by atoms with Gasteiger partial charge in [-0.15, -0.1) is 0 Å². The largest absolute Gasteiger partial charge is 0.329 e. The van der Waals surface area contributed by atoms with Gasteiger partial charge in [0, 0.05) is 12.7 Å². The van der Waals surface area contributed by atoms with Crippen LogP contribution in [0, 0.1) is 0 Å². The highest BCUT2D eigenvalue weighted by Crippen LogP contribution is 2.12. The molecule has 1 aromatic rings. The van der Waals surface area contributed by atoms with Crippen molar-refractivity contribution in [1.29, 1.82) is 0 Å². The van der Waals surface area contributed by atoms with Gasteiger partial charge in [0.05, 0.1) is 11.7 Å². The van der Waals surface area contributed by atoms with Crippen LogP contribution in [-0.2, 0) is 0 Å². The maximum Gasteiger partial charge on any atom is 0.0639 e. The molecule has 66 valence electrons. The zero-order valence-electron chi connectivity index (χ0n) is 7.57. The Morgan fingerprint density at radius 2 is 2.25 bits per heavy atom. The van der Waals surface area contributed by atoms with E-state index in [1.165, 1.54) is 0 Å². The monoisotopic (exact) mass is 165 g/mol.